The van der Waals surface area contributed by atoms with Gasteiger partial charge in [0.25, 0.3) is 0 Å². The van der Waals surface area contributed by atoms with Crippen LogP contribution in [0.1, 0.15) is 6.92 Å². The number of hydrogen-bond acceptors (Lipinski definition) is 4. The van der Waals surface area contributed by atoms with Crippen LogP contribution in [0.15, 0.2) is 17.0 Å². The molecule has 4 N–H and O–H groups in total. The molecule has 6 nitrogen and oxygen atoms in total. The van der Waals surface area contributed by atoms with Gasteiger partial charge in [-0.3, -0.25) is 4.79 Å². The third kappa shape index (κ3) is 3.73. The normalized spacial score (nSPS) is 13.1. The average Bonchev–Trinajstić information content (AvgIpc) is 2.24. The fraction of sp³-hybridized carbons (Fsp3) is 0.300. The second-order valence-electron chi connectivity index (χ2n) is 3.77. The predicted molar refractivity (Wildman–Crippen MR) is 74.7 cm³/mol. The lowest BCUT2D eigenvalue weighted by atomic mass is 10.3. The van der Waals surface area contributed by atoms with Crippen LogP contribution >= 0.6 is 23.2 Å². The van der Waals surface area contributed by atoms with Gasteiger partial charge in [0.05, 0.1) is 16.1 Å². The van der Waals surface area contributed by atoms with E-state index in [-0.39, 0.29) is 20.6 Å². The predicted octanol–water partition coefficient (Wildman–Crippen LogP) is 0.988. The number of hydrogen-bond donors (Lipinski definition) is 3. The molecule has 0 spiro atoms. The highest BCUT2D eigenvalue weighted by atomic mass is 35.5. The molecule has 0 aliphatic rings. The zero-order valence-corrected chi connectivity index (χ0v) is 12.5. The van der Waals surface area contributed by atoms with Crippen molar-refractivity contribution < 1.29 is 13.2 Å². The number of amides is 1. The van der Waals surface area contributed by atoms with Gasteiger partial charge < -0.3 is 11.1 Å². The first-order valence-corrected chi connectivity index (χ1v) is 7.41. The van der Waals surface area contributed by atoms with Crippen molar-refractivity contribution in [3.8, 4) is 0 Å². The number of carbonyl (C=O) groups excluding carboxylic acids is 1. The molecule has 1 aromatic carbocycles. The number of likely N-dealkylation sites (N-methyl/N-ethyl adjacent to an activating group) is 1. The lowest BCUT2D eigenvalue weighted by Gasteiger charge is -2.15. The molecule has 0 radical (unpaired) electrons. The van der Waals surface area contributed by atoms with Crippen molar-refractivity contribution in [2.75, 3.05) is 12.8 Å². The largest absolute Gasteiger partial charge is 0.399 e. The monoisotopic (exact) mass is 325 g/mol. The van der Waals surface area contributed by atoms with Crippen LogP contribution in [0, 0.1) is 0 Å². The van der Waals surface area contributed by atoms with E-state index in [0.717, 1.165) is 0 Å². The van der Waals surface area contributed by atoms with Crippen LogP contribution in [0.2, 0.25) is 10.0 Å². The quantitative estimate of drug-likeness (QED) is 0.718. The van der Waals surface area contributed by atoms with E-state index in [1.165, 1.54) is 26.1 Å². The summed E-state index contributed by atoms with van der Waals surface area (Å²) in [6, 6.07) is 1.58. The van der Waals surface area contributed by atoms with Gasteiger partial charge in [-0.05, 0) is 19.1 Å². The summed E-state index contributed by atoms with van der Waals surface area (Å²) in [4.78, 5) is 11.0. The Labute approximate surface area is 121 Å². The first-order valence-electron chi connectivity index (χ1n) is 5.17. The fourth-order valence-electron chi connectivity index (χ4n) is 1.40. The molecule has 0 fully saturated rings. The number of carbonyl (C=O) groups is 1. The molecule has 0 saturated heterocycles. The van der Waals surface area contributed by atoms with Crippen molar-refractivity contribution in [3.63, 3.8) is 0 Å². The van der Waals surface area contributed by atoms with Gasteiger partial charge in [-0.2, -0.15) is 4.72 Å². The molecule has 0 bridgehead atoms. The number of rotatable bonds is 4. The zero-order valence-electron chi connectivity index (χ0n) is 10.2. The molecule has 1 unspecified atom stereocenters. The Hall–Kier alpha value is -1.02. The van der Waals surface area contributed by atoms with Gasteiger partial charge in [0.2, 0.25) is 15.9 Å². The van der Waals surface area contributed by atoms with Gasteiger partial charge in [-0.1, -0.05) is 23.2 Å². The number of sulfonamides is 1. The maximum absolute atomic E-state index is 12.1. The maximum atomic E-state index is 12.1. The molecule has 0 saturated carbocycles. The summed E-state index contributed by atoms with van der Waals surface area (Å²) in [5.41, 5.74) is 5.74. The Morgan fingerprint density at radius 2 is 1.79 bits per heavy atom. The fourth-order valence-corrected chi connectivity index (χ4v) is 3.83. The molecular weight excluding hydrogens is 313 g/mol. The standard InChI is InChI=1S/C10H13Cl2N3O3S/c1-5(10(16)14-2)15-19(17,18)9-7(11)3-6(13)4-8(9)12/h3-5,15H,13H2,1-2H3,(H,14,16). The van der Waals surface area contributed by atoms with Crippen LogP contribution in [0.25, 0.3) is 0 Å². The molecule has 0 heterocycles. The molecule has 0 aliphatic heterocycles. The number of halogens is 2. The topological polar surface area (TPSA) is 101 Å². The van der Waals surface area contributed by atoms with Crippen molar-refractivity contribution in [1.29, 1.82) is 0 Å². The first kappa shape index (κ1) is 16.0. The Kier molecular flexibility index (Phi) is 5.03. The highest BCUT2D eigenvalue weighted by Crippen LogP contribution is 2.31. The van der Waals surface area contributed by atoms with Crippen LogP contribution in [0.3, 0.4) is 0 Å². The van der Waals surface area contributed by atoms with Crippen molar-refractivity contribution in [1.82, 2.24) is 10.0 Å². The number of anilines is 1. The Balaban J connectivity index is 3.18. The smallest absolute Gasteiger partial charge is 0.244 e. The van der Waals surface area contributed by atoms with E-state index in [9.17, 15) is 13.2 Å². The summed E-state index contributed by atoms with van der Waals surface area (Å²) in [6.45, 7) is 1.40. The number of nitrogens with two attached hydrogens (primary N) is 1. The zero-order chi connectivity index (χ0) is 14.8. The molecule has 0 aromatic heterocycles. The number of nitrogen functional groups attached to an aromatic ring is 1. The lowest BCUT2D eigenvalue weighted by molar-refractivity contribution is -0.121. The SMILES string of the molecule is CNC(=O)C(C)NS(=O)(=O)c1c(Cl)cc(N)cc1Cl. The molecule has 0 aliphatic carbocycles. The molecule has 1 aromatic rings. The number of benzene rings is 1. The number of nitrogens with one attached hydrogen (secondary N) is 2. The lowest BCUT2D eigenvalue weighted by Crippen LogP contribution is -2.43. The Morgan fingerprint density at radius 1 is 1.32 bits per heavy atom. The summed E-state index contributed by atoms with van der Waals surface area (Å²) < 4.78 is 26.4. The van der Waals surface area contributed by atoms with E-state index in [4.69, 9.17) is 28.9 Å². The molecular formula is C10H13Cl2N3O3S. The van der Waals surface area contributed by atoms with Crippen LogP contribution in [-0.2, 0) is 14.8 Å². The Bertz CT molecular complexity index is 581. The van der Waals surface area contributed by atoms with Crippen LogP contribution in [0.4, 0.5) is 5.69 Å². The maximum Gasteiger partial charge on any atom is 0.244 e. The molecule has 19 heavy (non-hydrogen) atoms. The molecule has 1 atom stereocenters. The van der Waals surface area contributed by atoms with E-state index in [1.807, 2.05) is 0 Å². The third-order valence-electron chi connectivity index (χ3n) is 2.26. The Morgan fingerprint density at radius 3 is 2.21 bits per heavy atom. The van der Waals surface area contributed by atoms with Gasteiger partial charge in [-0.25, -0.2) is 8.42 Å². The summed E-state index contributed by atoms with van der Waals surface area (Å²) in [6.07, 6.45) is 0. The van der Waals surface area contributed by atoms with Crippen molar-refractivity contribution >= 4 is 44.8 Å². The summed E-state index contributed by atoms with van der Waals surface area (Å²) >= 11 is 11.7. The van der Waals surface area contributed by atoms with E-state index >= 15 is 0 Å². The first-order chi connectivity index (χ1) is 8.69. The molecule has 106 valence electrons. The van der Waals surface area contributed by atoms with Gasteiger partial charge in [0.15, 0.2) is 0 Å². The minimum Gasteiger partial charge on any atom is -0.399 e. The second-order valence-corrected chi connectivity index (χ2v) is 6.24. The molecule has 9 heteroatoms. The third-order valence-corrected chi connectivity index (χ3v) is 4.72. The summed E-state index contributed by atoms with van der Waals surface area (Å²) in [5.74, 6) is -0.480. The highest BCUT2D eigenvalue weighted by Gasteiger charge is 2.26. The average molecular weight is 326 g/mol. The van der Waals surface area contributed by atoms with Gasteiger partial charge in [-0.15, -0.1) is 0 Å². The van der Waals surface area contributed by atoms with E-state index < -0.39 is 22.0 Å². The van der Waals surface area contributed by atoms with Crippen molar-refractivity contribution in [3.05, 3.63) is 22.2 Å². The molecule has 1 amide bonds. The van der Waals surface area contributed by atoms with E-state index in [0.29, 0.717) is 0 Å². The summed E-state index contributed by atoms with van der Waals surface area (Å²) in [5, 5.41) is 2.11. The summed E-state index contributed by atoms with van der Waals surface area (Å²) in [7, 11) is -2.62. The van der Waals surface area contributed by atoms with Crippen LogP contribution in [0.5, 0.6) is 0 Å². The van der Waals surface area contributed by atoms with Gasteiger partial charge in [0, 0.05) is 12.7 Å². The van der Waals surface area contributed by atoms with E-state index in [2.05, 4.69) is 10.0 Å². The van der Waals surface area contributed by atoms with Crippen LogP contribution in [-0.4, -0.2) is 27.4 Å². The van der Waals surface area contributed by atoms with Crippen molar-refractivity contribution in [2.24, 2.45) is 0 Å². The molecule has 1 rings (SSSR count). The van der Waals surface area contributed by atoms with Gasteiger partial charge in [0.1, 0.15) is 4.90 Å². The second kappa shape index (κ2) is 5.96. The van der Waals surface area contributed by atoms with Crippen molar-refractivity contribution in [2.45, 2.75) is 17.9 Å². The van der Waals surface area contributed by atoms with E-state index in [1.54, 1.807) is 0 Å². The van der Waals surface area contributed by atoms with Gasteiger partial charge >= 0.3 is 0 Å². The van der Waals surface area contributed by atoms with Crippen LogP contribution < -0.4 is 15.8 Å². The minimum atomic E-state index is -4.02. The highest BCUT2D eigenvalue weighted by molar-refractivity contribution is 7.89. The minimum absolute atomic E-state index is 0.110.